The third-order valence-electron chi connectivity index (χ3n) is 3.71. The van der Waals surface area contributed by atoms with Crippen LogP contribution in [-0.4, -0.2) is 38.1 Å². The summed E-state index contributed by atoms with van der Waals surface area (Å²) in [5, 5.41) is 0. The van der Waals surface area contributed by atoms with E-state index in [4.69, 9.17) is 0 Å². The number of Topliss-reactive ketones (excluding diaryl/α,β-unsaturated/α-hetero) is 1. The fourth-order valence-corrected chi connectivity index (χ4v) is 2.36. The molecule has 0 atom stereocenters. The van der Waals surface area contributed by atoms with Crippen LogP contribution in [0.2, 0.25) is 0 Å². The summed E-state index contributed by atoms with van der Waals surface area (Å²) in [7, 11) is 1.07. The zero-order chi connectivity index (χ0) is 17.5. The van der Waals surface area contributed by atoms with Crippen molar-refractivity contribution in [3.63, 3.8) is 0 Å². The quantitative estimate of drug-likeness (QED) is 0.579. The molecule has 1 fully saturated rings. The van der Waals surface area contributed by atoms with Crippen LogP contribution in [0.5, 0.6) is 11.5 Å². The Bertz CT molecular complexity index is 716. The maximum Gasteiger partial charge on any atom is 0.586 e. The zero-order valence-electron chi connectivity index (χ0n) is 12.6. The highest BCUT2D eigenvalue weighted by molar-refractivity contribution is 5.98. The Balaban J connectivity index is 1.97. The fraction of sp³-hybridized carbons (Fsp3) is 0.400. The van der Waals surface area contributed by atoms with Gasteiger partial charge in [-0.1, -0.05) is 0 Å². The zero-order valence-corrected chi connectivity index (χ0v) is 12.6. The highest BCUT2D eigenvalue weighted by Gasteiger charge is 2.46. The number of benzene rings is 1. The number of amides is 1. The lowest BCUT2D eigenvalue weighted by molar-refractivity contribution is -0.286. The molecule has 0 spiro atoms. The van der Waals surface area contributed by atoms with E-state index in [0.29, 0.717) is 6.41 Å². The highest BCUT2D eigenvalue weighted by Crippen LogP contribution is 2.46. The second kappa shape index (κ2) is 5.73. The van der Waals surface area contributed by atoms with E-state index in [0.717, 1.165) is 37.0 Å². The van der Waals surface area contributed by atoms with Gasteiger partial charge in [0.25, 0.3) is 0 Å². The number of ketones is 1. The molecule has 1 saturated carbocycles. The van der Waals surface area contributed by atoms with Crippen molar-refractivity contribution >= 4 is 23.9 Å². The Morgan fingerprint density at radius 1 is 1.38 bits per heavy atom. The average Bonchev–Trinajstić information content (AvgIpc) is 3.33. The van der Waals surface area contributed by atoms with Gasteiger partial charge in [-0.3, -0.25) is 9.59 Å². The fourth-order valence-electron chi connectivity index (χ4n) is 2.36. The molecule has 3 rings (SSSR count). The van der Waals surface area contributed by atoms with E-state index in [1.807, 2.05) is 0 Å². The van der Waals surface area contributed by atoms with Gasteiger partial charge in [-0.25, -0.2) is 4.79 Å². The topological polar surface area (TPSA) is 82.1 Å². The number of carbonyl (C=O) groups is 3. The Morgan fingerprint density at radius 3 is 2.67 bits per heavy atom. The first-order valence-electron chi connectivity index (χ1n) is 7.11. The van der Waals surface area contributed by atoms with E-state index in [9.17, 15) is 23.2 Å². The van der Waals surface area contributed by atoms with Crippen molar-refractivity contribution in [3.8, 4) is 11.5 Å². The molecular formula is C15H13F2NO6. The summed E-state index contributed by atoms with van der Waals surface area (Å²) >= 11 is 0. The summed E-state index contributed by atoms with van der Waals surface area (Å²) in [4.78, 5) is 36.0. The van der Waals surface area contributed by atoms with Crippen LogP contribution in [0, 0.1) is 5.92 Å². The van der Waals surface area contributed by atoms with Gasteiger partial charge in [0.1, 0.15) is 5.56 Å². The summed E-state index contributed by atoms with van der Waals surface area (Å²) in [5.74, 6) is -2.04. The van der Waals surface area contributed by atoms with E-state index < -0.39 is 23.8 Å². The van der Waals surface area contributed by atoms with E-state index in [2.05, 4.69) is 14.2 Å². The van der Waals surface area contributed by atoms with Gasteiger partial charge in [0.2, 0.25) is 6.41 Å². The minimum atomic E-state index is -3.93. The summed E-state index contributed by atoms with van der Waals surface area (Å²) in [6.45, 7) is -0.217. The number of esters is 1. The first-order valence-corrected chi connectivity index (χ1v) is 7.11. The van der Waals surface area contributed by atoms with Crippen molar-refractivity contribution in [3.05, 3.63) is 17.7 Å². The van der Waals surface area contributed by atoms with Crippen molar-refractivity contribution in [1.82, 2.24) is 0 Å². The molecule has 0 radical (unpaired) electrons. The number of hydrogen-bond acceptors (Lipinski definition) is 6. The van der Waals surface area contributed by atoms with Crippen molar-refractivity contribution in [2.24, 2.45) is 5.92 Å². The van der Waals surface area contributed by atoms with Gasteiger partial charge in [0, 0.05) is 17.7 Å². The van der Waals surface area contributed by atoms with Gasteiger partial charge >= 0.3 is 12.3 Å². The molecule has 1 heterocycles. The van der Waals surface area contributed by atoms with Crippen LogP contribution in [0.4, 0.5) is 14.5 Å². The second-order valence-corrected chi connectivity index (χ2v) is 5.45. The van der Waals surface area contributed by atoms with Crippen molar-refractivity contribution < 1.29 is 37.4 Å². The normalized spacial score (nSPS) is 17.3. The van der Waals surface area contributed by atoms with E-state index in [1.165, 1.54) is 0 Å². The van der Waals surface area contributed by atoms with Gasteiger partial charge in [0.15, 0.2) is 17.3 Å². The average molecular weight is 341 g/mol. The number of nitrogens with zero attached hydrogens (tertiary/aromatic N) is 1. The summed E-state index contributed by atoms with van der Waals surface area (Å²) in [6, 6.07) is 2.25. The molecule has 0 bridgehead atoms. The lowest BCUT2D eigenvalue weighted by atomic mass is 10.1. The molecule has 1 aromatic carbocycles. The van der Waals surface area contributed by atoms with Crippen LogP contribution >= 0.6 is 0 Å². The van der Waals surface area contributed by atoms with Gasteiger partial charge < -0.3 is 19.1 Å². The minimum absolute atomic E-state index is 0.0550. The molecule has 1 aromatic rings. The Morgan fingerprint density at radius 2 is 2.08 bits per heavy atom. The van der Waals surface area contributed by atoms with Gasteiger partial charge in [0.05, 0.1) is 13.7 Å². The smallest absolute Gasteiger partial charge is 0.465 e. The first-order chi connectivity index (χ1) is 11.3. The number of anilines is 1. The number of carbonyl (C=O) groups excluding carboxylic acids is 3. The van der Waals surface area contributed by atoms with Gasteiger partial charge in [-0.05, 0) is 18.9 Å². The molecule has 1 aliphatic carbocycles. The predicted molar refractivity (Wildman–Crippen MR) is 75.1 cm³/mol. The van der Waals surface area contributed by atoms with E-state index in [-0.39, 0.29) is 29.5 Å². The number of methoxy groups -OCH3 is 1. The van der Waals surface area contributed by atoms with Crippen molar-refractivity contribution in [2.75, 3.05) is 18.6 Å². The molecule has 24 heavy (non-hydrogen) atoms. The monoisotopic (exact) mass is 341 g/mol. The minimum Gasteiger partial charge on any atom is -0.465 e. The molecule has 7 nitrogen and oxygen atoms in total. The largest absolute Gasteiger partial charge is 0.586 e. The third-order valence-corrected chi connectivity index (χ3v) is 3.71. The van der Waals surface area contributed by atoms with Crippen LogP contribution in [0.15, 0.2) is 12.1 Å². The molecule has 9 heteroatoms. The number of halogens is 2. The van der Waals surface area contributed by atoms with Crippen LogP contribution in [0.3, 0.4) is 0 Å². The highest BCUT2D eigenvalue weighted by atomic mass is 19.3. The molecule has 1 amide bonds. The molecular weight excluding hydrogens is 328 g/mol. The molecule has 2 aliphatic rings. The Labute approximate surface area is 135 Å². The number of fused-ring (bicyclic) bond motifs is 1. The van der Waals surface area contributed by atoms with Crippen LogP contribution < -0.4 is 14.4 Å². The van der Waals surface area contributed by atoms with Crippen LogP contribution in [0.1, 0.15) is 23.2 Å². The lowest BCUT2D eigenvalue weighted by Crippen LogP contribution is -2.29. The number of rotatable bonds is 6. The lowest BCUT2D eigenvalue weighted by Gasteiger charge is -2.18. The SMILES string of the molecule is COC(=O)c1cc(N(C=O)CC(=O)C2CC2)cc2c1OC(F)(F)O2. The van der Waals surface area contributed by atoms with Crippen LogP contribution in [0.25, 0.3) is 0 Å². The summed E-state index contributed by atoms with van der Waals surface area (Å²) < 4.78 is 39.8. The van der Waals surface area contributed by atoms with Gasteiger partial charge in [-0.15, -0.1) is 8.78 Å². The summed E-state index contributed by atoms with van der Waals surface area (Å²) in [5.41, 5.74) is -0.271. The number of ether oxygens (including phenoxy) is 3. The van der Waals surface area contributed by atoms with Crippen molar-refractivity contribution in [1.29, 1.82) is 0 Å². The predicted octanol–water partition coefficient (Wildman–Crippen LogP) is 1.74. The van der Waals surface area contributed by atoms with Gasteiger partial charge in [-0.2, -0.15) is 0 Å². The molecule has 0 N–H and O–H groups in total. The number of alkyl halides is 2. The maximum absolute atomic E-state index is 13.3. The van der Waals surface area contributed by atoms with Crippen molar-refractivity contribution in [2.45, 2.75) is 19.1 Å². The van der Waals surface area contributed by atoms with E-state index in [1.54, 1.807) is 0 Å². The molecule has 0 aromatic heterocycles. The molecule has 0 unspecified atom stereocenters. The van der Waals surface area contributed by atoms with E-state index >= 15 is 0 Å². The Kier molecular flexibility index (Phi) is 3.86. The maximum atomic E-state index is 13.3. The second-order valence-electron chi connectivity index (χ2n) is 5.45. The molecule has 128 valence electrons. The summed E-state index contributed by atoms with van der Waals surface area (Å²) in [6.07, 6.45) is -2.00. The van der Waals surface area contributed by atoms with Crippen LogP contribution in [-0.2, 0) is 14.3 Å². The number of hydrogen-bond donors (Lipinski definition) is 0. The molecule has 1 aliphatic heterocycles. The third kappa shape index (κ3) is 3.01. The standard InChI is InChI=1S/C15H13F2NO6/c1-22-14(21)10-4-9(5-12-13(10)24-15(16,17)23-12)18(7-19)6-11(20)8-2-3-8/h4-5,7-8H,2-3,6H2,1H3. The Hall–Kier alpha value is -2.71. The first kappa shape index (κ1) is 16.2. The molecule has 0 saturated heterocycles.